The van der Waals surface area contributed by atoms with E-state index in [9.17, 15) is 9.90 Å². The number of carboxylic acids is 1. The third-order valence-electron chi connectivity index (χ3n) is 3.43. The number of benzene rings is 1. The summed E-state index contributed by atoms with van der Waals surface area (Å²) in [6.45, 7) is 5.82. The van der Waals surface area contributed by atoms with Gasteiger partial charge in [-0.3, -0.25) is 4.79 Å². The molecule has 0 amide bonds. The van der Waals surface area contributed by atoms with Crippen molar-refractivity contribution < 1.29 is 14.6 Å². The average molecular weight is 250 g/mol. The molecule has 1 aromatic rings. The van der Waals surface area contributed by atoms with Crippen molar-refractivity contribution in [3.05, 3.63) is 35.9 Å². The van der Waals surface area contributed by atoms with Gasteiger partial charge in [0.1, 0.15) is 0 Å². The van der Waals surface area contributed by atoms with Crippen LogP contribution in [0.1, 0.15) is 32.4 Å². The summed E-state index contributed by atoms with van der Waals surface area (Å²) in [4.78, 5) is 11.4. The first-order valence-electron chi connectivity index (χ1n) is 6.29. The summed E-state index contributed by atoms with van der Waals surface area (Å²) in [6.07, 6.45) is -0.185. The zero-order chi connectivity index (χ0) is 13.7. The highest BCUT2D eigenvalue weighted by atomic mass is 16.5. The Balaban J connectivity index is 2.98. The minimum absolute atomic E-state index is 0.0742. The van der Waals surface area contributed by atoms with Crippen molar-refractivity contribution >= 4 is 5.97 Å². The van der Waals surface area contributed by atoms with Gasteiger partial charge in [-0.2, -0.15) is 0 Å². The summed E-state index contributed by atoms with van der Waals surface area (Å²) in [6, 6.07) is 9.78. The SMILES string of the molecule is COC(c1ccccc1)[C@@H](C)[C@H](C(=O)O)C(C)C. The molecule has 0 aliphatic carbocycles. The first kappa shape index (κ1) is 14.7. The van der Waals surface area contributed by atoms with Gasteiger partial charge in [0.25, 0.3) is 0 Å². The Kier molecular flexibility index (Phi) is 5.35. The van der Waals surface area contributed by atoms with Crippen LogP contribution in [-0.2, 0) is 9.53 Å². The molecule has 0 aliphatic rings. The Morgan fingerprint density at radius 2 is 1.72 bits per heavy atom. The molecule has 0 saturated heterocycles. The van der Waals surface area contributed by atoms with Crippen molar-refractivity contribution in [2.45, 2.75) is 26.9 Å². The fourth-order valence-corrected chi connectivity index (χ4v) is 2.60. The van der Waals surface area contributed by atoms with Crippen LogP contribution in [0, 0.1) is 17.8 Å². The summed E-state index contributed by atoms with van der Waals surface area (Å²) in [5.41, 5.74) is 1.03. The van der Waals surface area contributed by atoms with Gasteiger partial charge in [-0.15, -0.1) is 0 Å². The standard InChI is InChI=1S/C15H22O3/c1-10(2)13(15(16)17)11(3)14(18-4)12-8-6-5-7-9-12/h5-11,13-14H,1-4H3,(H,16,17)/t11-,13+,14?/m0/s1. The first-order valence-corrected chi connectivity index (χ1v) is 6.29. The summed E-state index contributed by atoms with van der Waals surface area (Å²) < 4.78 is 5.52. The monoisotopic (exact) mass is 250 g/mol. The van der Waals surface area contributed by atoms with Crippen LogP contribution in [0.4, 0.5) is 0 Å². The summed E-state index contributed by atoms with van der Waals surface area (Å²) >= 11 is 0. The van der Waals surface area contributed by atoms with Crippen LogP contribution in [-0.4, -0.2) is 18.2 Å². The molecule has 0 bridgehead atoms. The maximum Gasteiger partial charge on any atom is 0.307 e. The van der Waals surface area contributed by atoms with E-state index in [1.54, 1.807) is 7.11 Å². The van der Waals surface area contributed by atoms with Gasteiger partial charge in [-0.1, -0.05) is 51.1 Å². The van der Waals surface area contributed by atoms with Crippen molar-refractivity contribution in [2.24, 2.45) is 17.8 Å². The Labute approximate surface area is 109 Å². The van der Waals surface area contributed by atoms with Gasteiger partial charge < -0.3 is 9.84 Å². The fourth-order valence-electron chi connectivity index (χ4n) is 2.60. The fraction of sp³-hybridized carbons (Fsp3) is 0.533. The lowest BCUT2D eigenvalue weighted by atomic mass is 9.79. The van der Waals surface area contributed by atoms with E-state index >= 15 is 0 Å². The van der Waals surface area contributed by atoms with Crippen LogP contribution in [0.2, 0.25) is 0 Å². The molecule has 1 unspecified atom stereocenters. The highest BCUT2D eigenvalue weighted by molar-refractivity contribution is 5.70. The normalized spacial score (nSPS) is 16.3. The Morgan fingerprint density at radius 1 is 1.17 bits per heavy atom. The number of aliphatic carboxylic acids is 1. The van der Waals surface area contributed by atoms with Gasteiger partial charge in [-0.25, -0.2) is 0 Å². The first-order chi connectivity index (χ1) is 8.49. The second-order valence-corrected chi connectivity index (χ2v) is 5.03. The number of rotatable bonds is 6. The second kappa shape index (κ2) is 6.55. The van der Waals surface area contributed by atoms with E-state index in [0.29, 0.717) is 0 Å². The van der Waals surface area contributed by atoms with Crippen LogP contribution in [0.5, 0.6) is 0 Å². The largest absolute Gasteiger partial charge is 0.481 e. The van der Waals surface area contributed by atoms with Crippen molar-refractivity contribution in [1.29, 1.82) is 0 Å². The van der Waals surface area contributed by atoms with Gasteiger partial charge in [0, 0.05) is 7.11 Å². The van der Waals surface area contributed by atoms with Crippen LogP contribution >= 0.6 is 0 Å². The van der Waals surface area contributed by atoms with Gasteiger partial charge in [-0.05, 0) is 17.4 Å². The molecule has 18 heavy (non-hydrogen) atoms. The molecule has 3 nitrogen and oxygen atoms in total. The van der Waals surface area contributed by atoms with Crippen molar-refractivity contribution in [3.63, 3.8) is 0 Å². The van der Waals surface area contributed by atoms with Crippen molar-refractivity contribution in [2.75, 3.05) is 7.11 Å². The highest BCUT2D eigenvalue weighted by Gasteiger charge is 2.34. The molecule has 0 saturated carbocycles. The molecule has 0 spiro atoms. The predicted molar refractivity (Wildman–Crippen MR) is 71.3 cm³/mol. The molecule has 0 fully saturated rings. The lowest BCUT2D eigenvalue weighted by Gasteiger charge is -2.30. The van der Waals surface area contributed by atoms with Gasteiger partial charge in [0.15, 0.2) is 0 Å². The van der Waals surface area contributed by atoms with Gasteiger partial charge in [0.05, 0.1) is 12.0 Å². The minimum atomic E-state index is -0.754. The molecule has 100 valence electrons. The van der Waals surface area contributed by atoms with E-state index in [1.807, 2.05) is 51.1 Å². The molecule has 1 aromatic carbocycles. The Bertz CT molecular complexity index is 373. The number of methoxy groups -OCH3 is 1. The molecule has 0 aromatic heterocycles. The highest BCUT2D eigenvalue weighted by Crippen LogP contribution is 2.34. The molecule has 0 heterocycles. The van der Waals surface area contributed by atoms with Crippen LogP contribution in [0.3, 0.4) is 0 Å². The van der Waals surface area contributed by atoms with E-state index < -0.39 is 11.9 Å². The summed E-state index contributed by atoms with van der Waals surface area (Å²) in [5.74, 6) is -1.15. The van der Waals surface area contributed by atoms with Crippen LogP contribution in [0.25, 0.3) is 0 Å². The number of carboxylic acid groups (broad SMARTS) is 1. The smallest absolute Gasteiger partial charge is 0.307 e. The maximum absolute atomic E-state index is 11.4. The molecular weight excluding hydrogens is 228 g/mol. The quantitative estimate of drug-likeness (QED) is 0.842. The lowest BCUT2D eigenvalue weighted by molar-refractivity contribution is -0.147. The minimum Gasteiger partial charge on any atom is -0.481 e. The molecule has 3 atom stereocenters. The van der Waals surface area contributed by atoms with Gasteiger partial charge >= 0.3 is 5.97 Å². The number of ether oxygens (including phenoxy) is 1. The maximum atomic E-state index is 11.4. The van der Waals surface area contributed by atoms with E-state index in [-0.39, 0.29) is 17.9 Å². The third kappa shape index (κ3) is 3.33. The zero-order valence-corrected chi connectivity index (χ0v) is 11.5. The second-order valence-electron chi connectivity index (χ2n) is 5.03. The van der Waals surface area contributed by atoms with Crippen LogP contribution in [0.15, 0.2) is 30.3 Å². The van der Waals surface area contributed by atoms with Crippen molar-refractivity contribution in [3.8, 4) is 0 Å². The molecule has 1 rings (SSSR count). The number of carbonyl (C=O) groups is 1. The van der Waals surface area contributed by atoms with E-state index in [2.05, 4.69) is 0 Å². The van der Waals surface area contributed by atoms with E-state index in [0.717, 1.165) is 5.56 Å². The number of hydrogen-bond donors (Lipinski definition) is 1. The summed E-state index contributed by atoms with van der Waals surface area (Å²) in [7, 11) is 1.63. The zero-order valence-electron chi connectivity index (χ0n) is 11.5. The van der Waals surface area contributed by atoms with Gasteiger partial charge in [0.2, 0.25) is 0 Å². The molecular formula is C15H22O3. The lowest BCUT2D eigenvalue weighted by Crippen LogP contribution is -2.31. The summed E-state index contributed by atoms with van der Waals surface area (Å²) in [5, 5.41) is 9.35. The third-order valence-corrected chi connectivity index (χ3v) is 3.43. The predicted octanol–water partition coefficient (Wildman–Crippen LogP) is 3.37. The van der Waals surface area contributed by atoms with Crippen molar-refractivity contribution in [1.82, 2.24) is 0 Å². The van der Waals surface area contributed by atoms with E-state index in [1.165, 1.54) is 0 Å². The number of hydrogen-bond acceptors (Lipinski definition) is 2. The Morgan fingerprint density at radius 3 is 2.11 bits per heavy atom. The molecule has 0 radical (unpaired) electrons. The Hall–Kier alpha value is -1.35. The molecule has 3 heteroatoms. The van der Waals surface area contributed by atoms with Crippen LogP contribution < -0.4 is 0 Å². The topological polar surface area (TPSA) is 46.5 Å². The average Bonchev–Trinajstić information content (AvgIpc) is 2.30. The molecule has 1 N–H and O–H groups in total. The van der Waals surface area contributed by atoms with E-state index in [4.69, 9.17) is 4.74 Å². The molecule has 0 aliphatic heterocycles.